The molecule has 5 aromatic rings. The maximum absolute atomic E-state index is 13.5. The monoisotopic (exact) mass is 492 g/mol. The average Bonchev–Trinajstić information content (AvgIpc) is 2.90. The average molecular weight is 492 g/mol. The van der Waals surface area contributed by atoms with E-state index in [0.717, 1.165) is 0 Å². The van der Waals surface area contributed by atoms with Crippen LogP contribution >= 0.6 is 0 Å². The molecule has 8 heteroatoms. The Balaban J connectivity index is 1.57. The molecule has 182 valence electrons. The van der Waals surface area contributed by atoms with Crippen LogP contribution in [0.3, 0.4) is 0 Å². The predicted molar refractivity (Wildman–Crippen MR) is 140 cm³/mol. The smallest absolute Gasteiger partial charge is 0.343 e. The first-order valence-electron chi connectivity index (χ1n) is 11.2. The Morgan fingerprint density at radius 3 is 1.92 bits per heavy atom. The van der Waals surface area contributed by atoms with Gasteiger partial charge < -0.3 is 25.4 Å². The zero-order valence-corrected chi connectivity index (χ0v) is 19.3. The quantitative estimate of drug-likeness (QED) is 0.197. The van der Waals surface area contributed by atoms with Gasteiger partial charge >= 0.3 is 11.9 Å². The number of benzene rings is 4. The highest BCUT2D eigenvalue weighted by Gasteiger charge is 2.22. The van der Waals surface area contributed by atoms with E-state index in [1.165, 1.54) is 36.4 Å². The van der Waals surface area contributed by atoms with Gasteiger partial charge in [0.25, 0.3) is 0 Å². The summed E-state index contributed by atoms with van der Waals surface area (Å²) in [5.41, 5.74) is 12.9. The Morgan fingerprint density at radius 2 is 1.30 bits per heavy atom. The SMILES string of the molecule is Nc1cccc(C(=O)Oc2ccc3c(=O)c(OC(=O)c4cccc(N)c4)c(-c4ccccc4)oc3c2)c1. The molecule has 0 fully saturated rings. The first kappa shape index (κ1) is 23.4. The Labute approximate surface area is 210 Å². The summed E-state index contributed by atoms with van der Waals surface area (Å²) >= 11 is 0. The van der Waals surface area contributed by atoms with E-state index in [1.807, 2.05) is 0 Å². The van der Waals surface area contributed by atoms with Gasteiger partial charge in [-0.15, -0.1) is 0 Å². The fourth-order valence-corrected chi connectivity index (χ4v) is 3.74. The number of esters is 2. The van der Waals surface area contributed by atoms with Gasteiger partial charge in [-0.25, -0.2) is 9.59 Å². The van der Waals surface area contributed by atoms with Crippen LogP contribution in [-0.4, -0.2) is 11.9 Å². The molecule has 5 rings (SSSR count). The minimum absolute atomic E-state index is 0.0506. The van der Waals surface area contributed by atoms with Gasteiger partial charge in [0.2, 0.25) is 11.2 Å². The fraction of sp³-hybridized carbons (Fsp3) is 0. The fourth-order valence-electron chi connectivity index (χ4n) is 3.74. The van der Waals surface area contributed by atoms with Gasteiger partial charge in [0.05, 0.1) is 16.5 Å². The summed E-state index contributed by atoms with van der Waals surface area (Å²) in [5, 5.41) is 0.138. The molecule has 0 saturated carbocycles. The van der Waals surface area contributed by atoms with Crippen molar-refractivity contribution in [1.29, 1.82) is 0 Å². The van der Waals surface area contributed by atoms with Crippen LogP contribution in [0.15, 0.2) is 106 Å². The Bertz CT molecular complexity index is 1710. The van der Waals surface area contributed by atoms with E-state index in [4.69, 9.17) is 25.4 Å². The summed E-state index contributed by atoms with van der Waals surface area (Å²) < 4.78 is 17.1. The number of nitrogens with two attached hydrogens (primary N) is 2. The number of carbonyl (C=O) groups excluding carboxylic acids is 2. The van der Waals surface area contributed by atoms with Crippen LogP contribution in [0.25, 0.3) is 22.3 Å². The van der Waals surface area contributed by atoms with Crippen molar-refractivity contribution < 1.29 is 23.5 Å². The molecule has 1 heterocycles. The Hall–Kier alpha value is -5.37. The third kappa shape index (κ3) is 4.89. The molecule has 1 aromatic heterocycles. The number of anilines is 2. The highest BCUT2D eigenvalue weighted by Crippen LogP contribution is 2.33. The van der Waals surface area contributed by atoms with Gasteiger partial charge in [-0.05, 0) is 48.5 Å². The van der Waals surface area contributed by atoms with Crippen molar-refractivity contribution in [2.24, 2.45) is 0 Å². The molecule has 0 aliphatic rings. The minimum Gasteiger partial charge on any atom is -0.452 e. The first-order valence-corrected chi connectivity index (χ1v) is 11.2. The lowest BCUT2D eigenvalue weighted by Gasteiger charge is -2.12. The maximum Gasteiger partial charge on any atom is 0.343 e. The summed E-state index contributed by atoms with van der Waals surface area (Å²) in [6.07, 6.45) is 0. The zero-order valence-electron chi connectivity index (χ0n) is 19.3. The number of rotatable bonds is 5. The van der Waals surface area contributed by atoms with Gasteiger partial charge in [-0.1, -0.05) is 42.5 Å². The largest absolute Gasteiger partial charge is 0.452 e. The number of hydrogen-bond donors (Lipinski definition) is 2. The molecule has 4 N–H and O–H groups in total. The molecule has 0 amide bonds. The van der Waals surface area contributed by atoms with Crippen molar-refractivity contribution in [3.63, 3.8) is 0 Å². The van der Waals surface area contributed by atoms with Crippen LogP contribution in [0.2, 0.25) is 0 Å². The lowest BCUT2D eigenvalue weighted by atomic mass is 10.1. The molecular formula is C29H20N2O6. The van der Waals surface area contributed by atoms with E-state index >= 15 is 0 Å². The normalized spacial score (nSPS) is 10.7. The van der Waals surface area contributed by atoms with Gasteiger partial charge in [0.1, 0.15) is 11.3 Å². The second-order valence-electron chi connectivity index (χ2n) is 8.14. The molecule has 0 aliphatic carbocycles. The highest BCUT2D eigenvalue weighted by molar-refractivity contribution is 5.94. The predicted octanol–water partition coefficient (Wildman–Crippen LogP) is 5.06. The van der Waals surface area contributed by atoms with Gasteiger partial charge in [0, 0.05) is 23.0 Å². The Morgan fingerprint density at radius 1 is 0.676 bits per heavy atom. The van der Waals surface area contributed by atoms with Gasteiger partial charge in [-0.3, -0.25) is 4.79 Å². The number of hydrogen-bond acceptors (Lipinski definition) is 8. The maximum atomic E-state index is 13.5. The third-order valence-corrected chi connectivity index (χ3v) is 5.51. The molecule has 0 radical (unpaired) electrons. The highest BCUT2D eigenvalue weighted by atomic mass is 16.5. The van der Waals surface area contributed by atoms with Crippen molar-refractivity contribution in [2.75, 3.05) is 11.5 Å². The van der Waals surface area contributed by atoms with Crippen LogP contribution in [-0.2, 0) is 0 Å². The molecule has 37 heavy (non-hydrogen) atoms. The summed E-state index contributed by atoms with van der Waals surface area (Å²) in [7, 11) is 0. The summed E-state index contributed by atoms with van der Waals surface area (Å²) in [6.45, 7) is 0. The van der Waals surface area contributed by atoms with E-state index in [1.54, 1.807) is 60.7 Å². The minimum atomic E-state index is -0.760. The van der Waals surface area contributed by atoms with E-state index in [0.29, 0.717) is 16.9 Å². The summed E-state index contributed by atoms with van der Waals surface area (Å²) in [6, 6.07) is 25.7. The standard InChI is InChI=1S/C29H20N2O6/c30-20-10-4-8-18(14-20)28(33)35-22-12-13-23-24(16-22)36-26(17-6-2-1-3-7-17)27(25(23)32)37-29(34)19-9-5-11-21(31)15-19/h1-16H,30-31H2. The molecule has 8 nitrogen and oxygen atoms in total. The first-order chi connectivity index (χ1) is 17.9. The molecule has 0 atom stereocenters. The molecule has 4 aromatic carbocycles. The number of fused-ring (bicyclic) bond motifs is 1. The van der Waals surface area contributed by atoms with Crippen LogP contribution in [0.4, 0.5) is 11.4 Å². The Kier molecular flexibility index (Phi) is 6.13. The summed E-state index contributed by atoms with van der Waals surface area (Å²) in [5.74, 6) is -1.44. The van der Waals surface area contributed by atoms with Gasteiger partial charge in [0.15, 0.2) is 5.76 Å². The molecule has 0 spiro atoms. The second-order valence-corrected chi connectivity index (χ2v) is 8.14. The van der Waals surface area contributed by atoms with E-state index in [-0.39, 0.29) is 39.4 Å². The molecule has 0 saturated heterocycles. The zero-order chi connectivity index (χ0) is 25.9. The second kappa shape index (κ2) is 9.71. The lowest BCUT2D eigenvalue weighted by molar-refractivity contribution is 0.0722. The number of ether oxygens (including phenoxy) is 2. The number of carbonyl (C=O) groups is 2. The van der Waals surface area contributed by atoms with Crippen molar-refractivity contribution in [3.05, 3.63) is 118 Å². The third-order valence-electron chi connectivity index (χ3n) is 5.51. The van der Waals surface area contributed by atoms with Gasteiger partial charge in [-0.2, -0.15) is 0 Å². The summed E-state index contributed by atoms with van der Waals surface area (Å²) in [4.78, 5) is 38.9. The molecule has 0 bridgehead atoms. The number of nitrogen functional groups attached to an aromatic ring is 2. The van der Waals surface area contributed by atoms with Crippen LogP contribution < -0.4 is 26.4 Å². The van der Waals surface area contributed by atoms with Crippen LogP contribution in [0.5, 0.6) is 11.5 Å². The van der Waals surface area contributed by atoms with Crippen molar-refractivity contribution >= 4 is 34.3 Å². The topological polar surface area (TPSA) is 135 Å². The van der Waals surface area contributed by atoms with Crippen molar-refractivity contribution in [2.45, 2.75) is 0 Å². The van der Waals surface area contributed by atoms with Crippen molar-refractivity contribution in [3.8, 4) is 22.8 Å². The molecular weight excluding hydrogens is 472 g/mol. The van der Waals surface area contributed by atoms with E-state index in [2.05, 4.69) is 0 Å². The lowest BCUT2D eigenvalue weighted by Crippen LogP contribution is -2.16. The van der Waals surface area contributed by atoms with Crippen LogP contribution in [0.1, 0.15) is 20.7 Å². The van der Waals surface area contributed by atoms with Crippen molar-refractivity contribution in [1.82, 2.24) is 0 Å². The molecule has 0 unspecified atom stereocenters. The molecule has 0 aliphatic heterocycles. The van der Waals surface area contributed by atoms with Crippen LogP contribution in [0, 0.1) is 0 Å². The van der Waals surface area contributed by atoms with E-state index < -0.39 is 17.4 Å². The van der Waals surface area contributed by atoms with E-state index in [9.17, 15) is 14.4 Å².